The molecule has 1 aromatic heterocycles. The van der Waals surface area contributed by atoms with Crippen molar-refractivity contribution in [1.82, 2.24) is 10.3 Å². The molecule has 3 aromatic carbocycles. The van der Waals surface area contributed by atoms with E-state index < -0.39 is 23.7 Å². The number of halogens is 1. The monoisotopic (exact) mass is 517 g/mol. The van der Waals surface area contributed by atoms with Crippen LogP contribution in [0.4, 0.5) is 15.2 Å². The number of carbonyl (C=O) groups is 2. The fourth-order valence-corrected chi connectivity index (χ4v) is 5.16. The maximum atomic E-state index is 15.0. The fraction of sp³-hybridized carbons (Fsp3) is 0.276. The summed E-state index contributed by atoms with van der Waals surface area (Å²) in [5, 5.41) is 15.7. The molecule has 1 saturated carbocycles. The van der Waals surface area contributed by atoms with Crippen LogP contribution in [0.2, 0.25) is 0 Å². The first kappa shape index (κ1) is 24.9. The van der Waals surface area contributed by atoms with Crippen LogP contribution in [-0.4, -0.2) is 28.0 Å². The summed E-state index contributed by atoms with van der Waals surface area (Å²) in [6.07, 6.45) is 2.48. The van der Waals surface area contributed by atoms with E-state index in [4.69, 9.17) is 0 Å². The molecule has 1 atom stereocenters. The highest BCUT2D eigenvalue weighted by Gasteiger charge is 2.30. The molecule has 3 N–H and O–H groups in total. The van der Waals surface area contributed by atoms with Crippen LogP contribution in [0.15, 0.2) is 60.7 Å². The minimum Gasteiger partial charge on any atom is -0.480 e. The molecule has 1 aliphatic carbocycles. The molecule has 0 saturated heterocycles. The van der Waals surface area contributed by atoms with Crippen molar-refractivity contribution in [2.24, 2.45) is 5.92 Å². The smallest absolute Gasteiger partial charge is 0.326 e. The lowest BCUT2D eigenvalue weighted by Crippen LogP contribution is -2.41. The number of carbonyl (C=O) groups excluding carboxylic acids is 1. The van der Waals surface area contributed by atoms with Crippen molar-refractivity contribution in [2.45, 2.75) is 45.1 Å². The first-order valence-electron chi connectivity index (χ1n) is 12.4. The molecular formula is C29H28FN3O3S. The predicted octanol–water partition coefficient (Wildman–Crippen LogP) is 6.95. The SMILES string of the molecule is CC(C)c1ccc2nc(Nc3ccc(-c4ccc(C(=O)N[C@@H](CC5CC5)C(=O)O)cc4)cc3F)sc2c1. The molecule has 1 fully saturated rings. The van der Waals surface area contributed by atoms with E-state index in [1.807, 2.05) is 6.07 Å². The van der Waals surface area contributed by atoms with Gasteiger partial charge in [0.15, 0.2) is 5.13 Å². The molecule has 0 radical (unpaired) electrons. The van der Waals surface area contributed by atoms with Crippen LogP contribution in [-0.2, 0) is 4.79 Å². The number of carboxylic acid groups (broad SMARTS) is 1. The molecule has 37 heavy (non-hydrogen) atoms. The average Bonchev–Trinajstić information content (AvgIpc) is 3.60. The Bertz CT molecular complexity index is 1460. The number of nitrogens with one attached hydrogen (secondary N) is 2. The molecular weight excluding hydrogens is 489 g/mol. The third kappa shape index (κ3) is 5.80. The molecule has 0 aliphatic heterocycles. The number of hydrogen-bond acceptors (Lipinski definition) is 5. The zero-order valence-corrected chi connectivity index (χ0v) is 21.4. The molecule has 1 heterocycles. The molecule has 0 unspecified atom stereocenters. The Balaban J connectivity index is 1.27. The molecule has 190 valence electrons. The van der Waals surface area contributed by atoms with Crippen LogP contribution in [0.1, 0.15) is 54.9 Å². The zero-order valence-electron chi connectivity index (χ0n) is 20.6. The van der Waals surface area contributed by atoms with Gasteiger partial charge in [-0.3, -0.25) is 4.79 Å². The number of aromatic nitrogens is 1. The van der Waals surface area contributed by atoms with E-state index in [1.54, 1.807) is 36.4 Å². The maximum absolute atomic E-state index is 15.0. The third-order valence-electron chi connectivity index (χ3n) is 6.64. The number of rotatable bonds is 9. The second-order valence-corrected chi connectivity index (χ2v) is 10.9. The summed E-state index contributed by atoms with van der Waals surface area (Å²) in [5.41, 5.74) is 4.22. The largest absolute Gasteiger partial charge is 0.480 e. The second kappa shape index (κ2) is 10.3. The first-order chi connectivity index (χ1) is 17.8. The van der Waals surface area contributed by atoms with Crippen molar-refractivity contribution >= 4 is 44.2 Å². The van der Waals surface area contributed by atoms with Crippen molar-refractivity contribution in [1.29, 1.82) is 0 Å². The normalized spacial score (nSPS) is 14.1. The van der Waals surface area contributed by atoms with Gasteiger partial charge in [-0.25, -0.2) is 14.2 Å². The van der Waals surface area contributed by atoms with Crippen molar-refractivity contribution in [3.05, 3.63) is 77.6 Å². The van der Waals surface area contributed by atoms with E-state index in [0.717, 1.165) is 28.6 Å². The van der Waals surface area contributed by atoms with E-state index in [-0.39, 0.29) is 0 Å². The van der Waals surface area contributed by atoms with Crippen LogP contribution in [0.25, 0.3) is 21.3 Å². The molecule has 6 nitrogen and oxygen atoms in total. The van der Waals surface area contributed by atoms with Crippen LogP contribution in [0.5, 0.6) is 0 Å². The average molecular weight is 518 g/mol. The van der Waals surface area contributed by atoms with Crippen LogP contribution in [0.3, 0.4) is 0 Å². The zero-order chi connectivity index (χ0) is 26.1. The summed E-state index contributed by atoms with van der Waals surface area (Å²) in [5.74, 6) is -1.06. The third-order valence-corrected chi connectivity index (χ3v) is 7.57. The van der Waals surface area contributed by atoms with Crippen molar-refractivity contribution in [2.75, 3.05) is 5.32 Å². The second-order valence-electron chi connectivity index (χ2n) is 9.84. The standard InChI is InChI=1S/C29H28FN3O3S/c1-16(2)20-9-12-24-26(15-20)37-29(33-24)32-23-11-10-21(14-22(23)30)18-5-7-19(8-6-18)27(34)31-25(28(35)36)13-17-3-4-17/h5-12,14-17,25H,3-4,13H2,1-2H3,(H,31,34)(H,32,33)(H,35,36)/t25-/m0/s1. The van der Waals surface area contributed by atoms with E-state index in [9.17, 15) is 19.1 Å². The Hall–Kier alpha value is -3.78. The lowest BCUT2D eigenvalue weighted by molar-refractivity contribution is -0.139. The van der Waals surface area contributed by atoms with Crippen LogP contribution in [0, 0.1) is 11.7 Å². The van der Waals surface area contributed by atoms with Gasteiger partial charge in [-0.1, -0.05) is 62.3 Å². The summed E-state index contributed by atoms with van der Waals surface area (Å²) in [6, 6.07) is 16.9. The molecule has 0 spiro atoms. The predicted molar refractivity (Wildman–Crippen MR) is 145 cm³/mol. The van der Waals surface area contributed by atoms with Crippen LogP contribution < -0.4 is 10.6 Å². The Morgan fingerprint density at radius 1 is 1.05 bits per heavy atom. The molecule has 4 aromatic rings. The Labute approximate surface area is 218 Å². The molecule has 0 bridgehead atoms. The Morgan fingerprint density at radius 2 is 1.78 bits per heavy atom. The molecule has 5 rings (SSSR count). The van der Waals surface area contributed by atoms with Gasteiger partial charge in [0.05, 0.1) is 15.9 Å². The number of anilines is 2. The van der Waals surface area contributed by atoms with Gasteiger partial charge < -0.3 is 15.7 Å². The fourth-order valence-electron chi connectivity index (χ4n) is 4.23. The van der Waals surface area contributed by atoms with Gasteiger partial charge in [0.25, 0.3) is 5.91 Å². The molecule has 1 aliphatic rings. The Morgan fingerprint density at radius 3 is 2.43 bits per heavy atom. The number of benzene rings is 3. The summed E-state index contributed by atoms with van der Waals surface area (Å²) in [6.45, 7) is 4.29. The van der Waals surface area contributed by atoms with Crippen LogP contribution >= 0.6 is 11.3 Å². The van der Waals surface area contributed by atoms with Crippen molar-refractivity contribution < 1.29 is 19.1 Å². The van der Waals surface area contributed by atoms with E-state index >= 15 is 0 Å². The summed E-state index contributed by atoms with van der Waals surface area (Å²) in [7, 11) is 0. The van der Waals surface area contributed by atoms with Gasteiger partial charge in [0.1, 0.15) is 11.9 Å². The summed E-state index contributed by atoms with van der Waals surface area (Å²) < 4.78 is 16.0. The van der Waals surface area contributed by atoms with Gasteiger partial charge in [-0.15, -0.1) is 0 Å². The van der Waals surface area contributed by atoms with E-state index in [2.05, 4.69) is 41.6 Å². The van der Waals surface area contributed by atoms with E-state index in [0.29, 0.717) is 40.2 Å². The quantitative estimate of drug-likeness (QED) is 0.223. The van der Waals surface area contributed by atoms with Crippen molar-refractivity contribution in [3.8, 4) is 11.1 Å². The first-order valence-corrected chi connectivity index (χ1v) is 13.2. The molecule has 8 heteroatoms. The topological polar surface area (TPSA) is 91.3 Å². The lowest BCUT2D eigenvalue weighted by atomic mass is 10.0. The minimum absolute atomic E-state index is 0.332. The summed E-state index contributed by atoms with van der Waals surface area (Å²) >= 11 is 1.49. The number of carboxylic acids is 1. The summed E-state index contributed by atoms with van der Waals surface area (Å²) in [4.78, 5) is 28.6. The highest BCUT2D eigenvalue weighted by Crippen LogP contribution is 2.34. The van der Waals surface area contributed by atoms with Gasteiger partial charge >= 0.3 is 5.97 Å². The number of nitrogens with zero attached hydrogens (tertiary/aromatic N) is 1. The Kier molecular flexibility index (Phi) is 6.93. The maximum Gasteiger partial charge on any atom is 0.326 e. The number of amides is 1. The van der Waals surface area contributed by atoms with Gasteiger partial charge in [0, 0.05) is 5.56 Å². The molecule has 1 amide bonds. The van der Waals surface area contributed by atoms with E-state index in [1.165, 1.54) is 23.0 Å². The minimum atomic E-state index is -1.02. The lowest BCUT2D eigenvalue weighted by Gasteiger charge is -2.14. The number of aliphatic carboxylic acids is 1. The van der Waals surface area contributed by atoms with Gasteiger partial charge in [-0.05, 0) is 71.3 Å². The highest BCUT2D eigenvalue weighted by atomic mass is 32.1. The number of thiazole rings is 1. The highest BCUT2D eigenvalue weighted by molar-refractivity contribution is 7.22. The number of fused-ring (bicyclic) bond motifs is 1. The van der Waals surface area contributed by atoms with Crippen molar-refractivity contribution in [3.63, 3.8) is 0 Å². The van der Waals surface area contributed by atoms with Gasteiger partial charge in [0.2, 0.25) is 0 Å². The number of hydrogen-bond donors (Lipinski definition) is 3. The van der Waals surface area contributed by atoms with Gasteiger partial charge in [-0.2, -0.15) is 0 Å².